The Morgan fingerprint density at radius 1 is 1.30 bits per heavy atom. The predicted octanol–water partition coefficient (Wildman–Crippen LogP) is 2.13. The molecule has 1 heterocycles. The van der Waals surface area contributed by atoms with Gasteiger partial charge in [0.2, 0.25) is 0 Å². The van der Waals surface area contributed by atoms with Crippen molar-refractivity contribution in [1.29, 1.82) is 0 Å². The SMILES string of the molecule is Bc1cc(Cc2ccc(OC)cc2)c(Cl)c2c1CCO2. The van der Waals surface area contributed by atoms with E-state index in [1.165, 1.54) is 16.6 Å². The Labute approximate surface area is 125 Å². The van der Waals surface area contributed by atoms with Crippen molar-refractivity contribution in [2.75, 3.05) is 13.7 Å². The van der Waals surface area contributed by atoms with Crippen molar-refractivity contribution in [3.05, 3.63) is 52.0 Å². The van der Waals surface area contributed by atoms with Crippen LogP contribution in [0.3, 0.4) is 0 Å². The highest BCUT2D eigenvalue weighted by Gasteiger charge is 2.20. The van der Waals surface area contributed by atoms with Crippen molar-refractivity contribution < 1.29 is 9.47 Å². The molecule has 2 nitrogen and oxygen atoms in total. The number of halogens is 1. The van der Waals surface area contributed by atoms with Crippen LogP contribution in [-0.2, 0) is 12.8 Å². The van der Waals surface area contributed by atoms with E-state index in [1.54, 1.807) is 7.11 Å². The topological polar surface area (TPSA) is 18.5 Å². The number of ether oxygens (including phenoxy) is 2. The van der Waals surface area contributed by atoms with Crippen LogP contribution in [0.5, 0.6) is 11.5 Å². The van der Waals surface area contributed by atoms with Crippen molar-refractivity contribution in [2.24, 2.45) is 0 Å². The van der Waals surface area contributed by atoms with Gasteiger partial charge in [-0.05, 0) is 35.2 Å². The molecule has 0 atom stereocenters. The largest absolute Gasteiger partial charge is 0.497 e. The Morgan fingerprint density at radius 3 is 2.75 bits per heavy atom. The number of benzene rings is 2. The van der Waals surface area contributed by atoms with Crippen molar-refractivity contribution >= 4 is 24.9 Å². The van der Waals surface area contributed by atoms with Gasteiger partial charge in [0.15, 0.2) is 0 Å². The van der Waals surface area contributed by atoms with Gasteiger partial charge in [0.1, 0.15) is 19.3 Å². The van der Waals surface area contributed by atoms with Crippen LogP contribution in [-0.4, -0.2) is 21.6 Å². The Bertz CT molecular complexity index is 638. The van der Waals surface area contributed by atoms with Crippen LogP contribution in [0.4, 0.5) is 0 Å². The summed E-state index contributed by atoms with van der Waals surface area (Å²) in [6, 6.07) is 10.3. The molecule has 0 amide bonds. The molecule has 0 aliphatic carbocycles. The molecule has 0 fully saturated rings. The van der Waals surface area contributed by atoms with Crippen molar-refractivity contribution in [2.45, 2.75) is 12.8 Å². The Morgan fingerprint density at radius 2 is 2.05 bits per heavy atom. The molecule has 0 saturated heterocycles. The fourth-order valence-corrected chi connectivity index (χ4v) is 2.97. The van der Waals surface area contributed by atoms with Crippen molar-refractivity contribution in [3.8, 4) is 11.5 Å². The first kappa shape index (κ1) is 13.4. The standard InChI is InChI=1S/C16H16BClO2/c1-19-12-4-2-10(3-5-12)8-11-9-14(17)13-6-7-20-16(13)15(11)18/h2-5,9H,6-8,17H2,1H3. The van der Waals surface area contributed by atoms with Gasteiger partial charge >= 0.3 is 0 Å². The van der Waals surface area contributed by atoms with Gasteiger partial charge in [-0.25, -0.2) is 0 Å². The highest BCUT2D eigenvalue weighted by atomic mass is 35.5. The van der Waals surface area contributed by atoms with E-state index in [2.05, 4.69) is 26.0 Å². The van der Waals surface area contributed by atoms with Crippen LogP contribution < -0.4 is 14.9 Å². The van der Waals surface area contributed by atoms with E-state index in [-0.39, 0.29) is 0 Å². The molecule has 4 heteroatoms. The molecule has 20 heavy (non-hydrogen) atoms. The van der Waals surface area contributed by atoms with Crippen LogP contribution in [0.1, 0.15) is 16.7 Å². The minimum atomic E-state index is 0.738. The Balaban J connectivity index is 1.92. The number of methoxy groups -OCH3 is 1. The first-order chi connectivity index (χ1) is 9.69. The van der Waals surface area contributed by atoms with E-state index in [0.717, 1.165) is 41.5 Å². The summed E-state index contributed by atoms with van der Waals surface area (Å²) in [6.45, 7) is 0.738. The quantitative estimate of drug-likeness (QED) is 0.805. The van der Waals surface area contributed by atoms with Crippen LogP contribution in [0.2, 0.25) is 5.02 Å². The maximum atomic E-state index is 6.48. The van der Waals surface area contributed by atoms with E-state index < -0.39 is 0 Å². The maximum absolute atomic E-state index is 6.48. The molecule has 2 aromatic rings. The normalized spacial score (nSPS) is 12.9. The maximum Gasteiger partial charge on any atom is 0.140 e. The number of fused-ring (bicyclic) bond motifs is 1. The number of hydrogen-bond donors (Lipinski definition) is 0. The van der Waals surface area contributed by atoms with Gasteiger partial charge in [0.05, 0.1) is 18.7 Å². The summed E-state index contributed by atoms with van der Waals surface area (Å²) in [7, 11) is 3.80. The summed E-state index contributed by atoms with van der Waals surface area (Å²) in [6.07, 6.45) is 1.77. The first-order valence-corrected chi connectivity index (χ1v) is 7.13. The van der Waals surface area contributed by atoms with E-state index in [4.69, 9.17) is 21.1 Å². The van der Waals surface area contributed by atoms with Gasteiger partial charge in [-0.15, -0.1) is 0 Å². The summed E-state index contributed by atoms with van der Waals surface area (Å²) in [5.41, 5.74) is 4.86. The molecule has 0 aromatic heterocycles. The van der Waals surface area contributed by atoms with Crippen LogP contribution in [0.25, 0.3) is 0 Å². The zero-order valence-electron chi connectivity index (χ0n) is 11.7. The summed E-state index contributed by atoms with van der Waals surface area (Å²) >= 11 is 6.48. The third-order valence-electron chi connectivity index (χ3n) is 3.77. The van der Waals surface area contributed by atoms with Gasteiger partial charge in [-0.2, -0.15) is 0 Å². The smallest absolute Gasteiger partial charge is 0.140 e. The molecule has 0 saturated carbocycles. The van der Waals surface area contributed by atoms with E-state index in [9.17, 15) is 0 Å². The summed E-state index contributed by atoms with van der Waals surface area (Å²) in [4.78, 5) is 0. The minimum absolute atomic E-state index is 0.738. The lowest BCUT2D eigenvalue weighted by atomic mass is 9.86. The van der Waals surface area contributed by atoms with E-state index in [1.807, 2.05) is 12.1 Å². The number of hydrogen-bond acceptors (Lipinski definition) is 2. The lowest BCUT2D eigenvalue weighted by molar-refractivity contribution is 0.357. The summed E-state index contributed by atoms with van der Waals surface area (Å²) < 4.78 is 10.8. The van der Waals surface area contributed by atoms with Gasteiger partial charge < -0.3 is 9.47 Å². The molecule has 0 radical (unpaired) electrons. The van der Waals surface area contributed by atoms with Crippen LogP contribution in [0, 0.1) is 0 Å². The lowest BCUT2D eigenvalue weighted by Crippen LogP contribution is -2.10. The zero-order valence-corrected chi connectivity index (χ0v) is 12.5. The van der Waals surface area contributed by atoms with Crippen LogP contribution >= 0.6 is 11.6 Å². The molecule has 0 bridgehead atoms. The Kier molecular flexibility index (Phi) is 3.62. The van der Waals surface area contributed by atoms with E-state index in [0.29, 0.717) is 0 Å². The average Bonchev–Trinajstić information content (AvgIpc) is 2.95. The van der Waals surface area contributed by atoms with Crippen molar-refractivity contribution in [3.63, 3.8) is 0 Å². The molecule has 2 aromatic carbocycles. The minimum Gasteiger partial charge on any atom is -0.497 e. The average molecular weight is 287 g/mol. The second kappa shape index (κ2) is 5.41. The zero-order chi connectivity index (χ0) is 14.1. The molecule has 0 unspecified atom stereocenters. The third-order valence-corrected chi connectivity index (χ3v) is 4.19. The molecule has 102 valence electrons. The van der Waals surface area contributed by atoms with Gasteiger partial charge in [-0.3, -0.25) is 0 Å². The van der Waals surface area contributed by atoms with Crippen molar-refractivity contribution in [1.82, 2.24) is 0 Å². The monoisotopic (exact) mass is 286 g/mol. The van der Waals surface area contributed by atoms with Gasteiger partial charge in [0.25, 0.3) is 0 Å². The van der Waals surface area contributed by atoms with Gasteiger partial charge in [-0.1, -0.05) is 35.3 Å². The lowest BCUT2D eigenvalue weighted by Gasteiger charge is -2.12. The molecular formula is C16H16BClO2. The van der Waals surface area contributed by atoms with E-state index >= 15 is 0 Å². The Hall–Kier alpha value is -1.61. The predicted molar refractivity (Wildman–Crippen MR) is 84.6 cm³/mol. The molecule has 0 spiro atoms. The second-order valence-corrected chi connectivity index (χ2v) is 5.48. The fraction of sp³-hybridized carbons (Fsp3) is 0.250. The molecule has 0 N–H and O–H groups in total. The van der Waals surface area contributed by atoms with Gasteiger partial charge in [0, 0.05) is 6.42 Å². The summed E-state index contributed by atoms with van der Waals surface area (Å²) in [5, 5.41) is 0.763. The molecular weight excluding hydrogens is 270 g/mol. The van der Waals surface area contributed by atoms with Crippen LogP contribution in [0.15, 0.2) is 30.3 Å². The second-order valence-electron chi connectivity index (χ2n) is 5.10. The highest BCUT2D eigenvalue weighted by Crippen LogP contribution is 2.35. The third kappa shape index (κ3) is 2.38. The highest BCUT2D eigenvalue weighted by molar-refractivity contribution is 6.37. The molecule has 1 aliphatic heterocycles. The molecule has 1 aliphatic rings. The number of rotatable bonds is 3. The molecule has 3 rings (SSSR count). The first-order valence-electron chi connectivity index (χ1n) is 6.75. The fourth-order valence-electron chi connectivity index (χ4n) is 2.68. The summed E-state index contributed by atoms with van der Waals surface area (Å²) in [5.74, 6) is 1.75.